The van der Waals surface area contributed by atoms with E-state index in [-0.39, 0.29) is 17.1 Å². The van der Waals surface area contributed by atoms with Crippen LogP contribution in [0.3, 0.4) is 0 Å². The van der Waals surface area contributed by atoms with Gasteiger partial charge >= 0.3 is 5.97 Å². The number of nitrogens with zero attached hydrogens (tertiary/aromatic N) is 1. The lowest BCUT2D eigenvalue weighted by atomic mass is 10.1. The molecule has 0 spiro atoms. The molecule has 1 heterocycles. The summed E-state index contributed by atoms with van der Waals surface area (Å²) < 4.78 is 0. The SMILES string of the molecule is O=C(O)c1ccc(Nc2nc(-c3ccc(O)c(O)c3)cs2)cc1. The summed E-state index contributed by atoms with van der Waals surface area (Å²) in [5, 5.41) is 33.3. The number of hydrogen-bond donors (Lipinski definition) is 4. The minimum atomic E-state index is -0.972. The summed E-state index contributed by atoms with van der Waals surface area (Å²) in [5.74, 6) is -1.35. The third-order valence-electron chi connectivity index (χ3n) is 3.16. The zero-order chi connectivity index (χ0) is 16.4. The van der Waals surface area contributed by atoms with Crippen molar-refractivity contribution in [2.24, 2.45) is 0 Å². The van der Waals surface area contributed by atoms with E-state index in [9.17, 15) is 15.0 Å². The van der Waals surface area contributed by atoms with Gasteiger partial charge in [-0.2, -0.15) is 0 Å². The van der Waals surface area contributed by atoms with Crippen LogP contribution in [0.1, 0.15) is 10.4 Å². The zero-order valence-corrected chi connectivity index (χ0v) is 12.5. The molecule has 0 aliphatic rings. The van der Waals surface area contributed by atoms with Crippen molar-refractivity contribution in [3.63, 3.8) is 0 Å². The summed E-state index contributed by atoms with van der Waals surface area (Å²) in [6.07, 6.45) is 0. The predicted molar refractivity (Wildman–Crippen MR) is 87.6 cm³/mol. The Morgan fingerprint density at radius 1 is 1.04 bits per heavy atom. The van der Waals surface area contributed by atoms with Crippen molar-refractivity contribution in [2.45, 2.75) is 0 Å². The number of carboxylic acids is 1. The summed E-state index contributed by atoms with van der Waals surface area (Å²) in [4.78, 5) is 15.2. The molecular formula is C16H12N2O4S. The Kier molecular flexibility index (Phi) is 3.86. The number of aromatic carboxylic acids is 1. The van der Waals surface area contributed by atoms with Crippen molar-refractivity contribution in [3.8, 4) is 22.8 Å². The number of aromatic hydroxyl groups is 2. The van der Waals surface area contributed by atoms with E-state index in [0.717, 1.165) is 5.69 Å². The van der Waals surface area contributed by atoms with Gasteiger partial charge in [-0.1, -0.05) is 0 Å². The first-order valence-electron chi connectivity index (χ1n) is 6.61. The fourth-order valence-electron chi connectivity index (χ4n) is 1.97. The van der Waals surface area contributed by atoms with Crippen molar-refractivity contribution >= 4 is 28.1 Å². The predicted octanol–water partition coefficient (Wildman–Crippen LogP) is 3.66. The number of carbonyl (C=O) groups is 1. The number of hydrogen-bond acceptors (Lipinski definition) is 6. The Hall–Kier alpha value is -3.06. The van der Waals surface area contributed by atoms with Gasteiger partial charge in [0.1, 0.15) is 0 Å². The monoisotopic (exact) mass is 328 g/mol. The minimum absolute atomic E-state index is 0.180. The van der Waals surface area contributed by atoms with Crippen LogP contribution in [0.4, 0.5) is 10.8 Å². The molecular weight excluding hydrogens is 316 g/mol. The highest BCUT2D eigenvalue weighted by Crippen LogP contribution is 2.32. The average molecular weight is 328 g/mol. The molecule has 0 aliphatic heterocycles. The molecule has 2 aromatic carbocycles. The Morgan fingerprint density at radius 3 is 2.43 bits per heavy atom. The number of rotatable bonds is 4. The van der Waals surface area contributed by atoms with Crippen molar-refractivity contribution in [2.75, 3.05) is 5.32 Å². The van der Waals surface area contributed by atoms with Gasteiger partial charge in [0.2, 0.25) is 0 Å². The third-order valence-corrected chi connectivity index (χ3v) is 3.92. The number of phenolic OH excluding ortho intramolecular Hbond substituents is 2. The molecule has 0 bridgehead atoms. The van der Waals surface area contributed by atoms with E-state index in [1.54, 1.807) is 18.2 Å². The first-order chi connectivity index (χ1) is 11.0. The van der Waals surface area contributed by atoms with Crippen LogP contribution in [0.5, 0.6) is 11.5 Å². The molecule has 7 heteroatoms. The second-order valence-corrected chi connectivity index (χ2v) is 5.61. The molecule has 0 saturated heterocycles. The second-order valence-electron chi connectivity index (χ2n) is 4.75. The quantitative estimate of drug-likeness (QED) is 0.545. The Morgan fingerprint density at radius 2 is 1.78 bits per heavy atom. The number of thiazole rings is 1. The summed E-state index contributed by atoms with van der Waals surface area (Å²) >= 11 is 1.38. The van der Waals surface area contributed by atoms with Crippen LogP contribution in [0.15, 0.2) is 47.8 Å². The fourth-order valence-corrected chi connectivity index (χ4v) is 2.71. The maximum Gasteiger partial charge on any atom is 0.335 e. The van der Waals surface area contributed by atoms with Gasteiger partial charge in [-0.15, -0.1) is 11.3 Å². The van der Waals surface area contributed by atoms with Gasteiger partial charge in [-0.3, -0.25) is 0 Å². The topological polar surface area (TPSA) is 103 Å². The van der Waals surface area contributed by atoms with Gasteiger partial charge < -0.3 is 20.6 Å². The van der Waals surface area contributed by atoms with Gasteiger partial charge in [-0.05, 0) is 42.5 Å². The highest BCUT2D eigenvalue weighted by atomic mass is 32.1. The van der Waals surface area contributed by atoms with Gasteiger partial charge in [0, 0.05) is 16.6 Å². The van der Waals surface area contributed by atoms with Crippen LogP contribution in [0.25, 0.3) is 11.3 Å². The highest BCUT2D eigenvalue weighted by molar-refractivity contribution is 7.14. The van der Waals surface area contributed by atoms with Crippen molar-refractivity contribution in [1.82, 2.24) is 4.98 Å². The maximum atomic E-state index is 10.8. The third kappa shape index (κ3) is 3.24. The van der Waals surface area contributed by atoms with Crippen LogP contribution >= 0.6 is 11.3 Å². The number of phenols is 2. The van der Waals surface area contributed by atoms with E-state index in [4.69, 9.17) is 5.11 Å². The maximum absolute atomic E-state index is 10.8. The lowest BCUT2D eigenvalue weighted by Gasteiger charge is -2.03. The molecule has 0 unspecified atom stereocenters. The van der Waals surface area contributed by atoms with Gasteiger partial charge in [0.05, 0.1) is 11.3 Å². The van der Waals surface area contributed by atoms with Crippen LogP contribution < -0.4 is 5.32 Å². The molecule has 3 aromatic rings. The molecule has 3 rings (SSSR count). The first kappa shape index (κ1) is 14.9. The van der Waals surface area contributed by atoms with E-state index >= 15 is 0 Å². The molecule has 0 saturated carbocycles. The van der Waals surface area contributed by atoms with Crippen molar-refractivity contribution < 1.29 is 20.1 Å². The van der Waals surface area contributed by atoms with Crippen molar-refractivity contribution in [1.29, 1.82) is 0 Å². The molecule has 1 aromatic heterocycles. The molecule has 0 amide bonds. The molecule has 0 aliphatic carbocycles. The van der Waals surface area contributed by atoms with E-state index in [2.05, 4.69) is 10.3 Å². The summed E-state index contributed by atoms with van der Waals surface area (Å²) in [6, 6.07) is 10.9. The van der Waals surface area contributed by atoms with E-state index in [1.165, 1.54) is 35.6 Å². The van der Waals surface area contributed by atoms with Gasteiger partial charge in [-0.25, -0.2) is 9.78 Å². The molecule has 116 valence electrons. The second kappa shape index (κ2) is 5.98. The lowest BCUT2D eigenvalue weighted by Crippen LogP contribution is -1.96. The molecule has 0 radical (unpaired) electrons. The Labute approximate surface area is 135 Å². The standard InChI is InChI=1S/C16H12N2O4S/c19-13-6-3-10(7-14(13)20)12-8-23-16(18-12)17-11-4-1-9(2-5-11)15(21)22/h1-8,19-20H,(H,17,18)(H,21,22). The molecule has 6 nitrogen and oxygen atoms in total. The molecule has 23 heavy (non-hydrogen) atoms. The van der Waals surface area contributed by atoms with Crippen LogP contribution in [-0.4, -0.2) is 26.3 Å². The summed E-state index contributed by atoms with van der Waals surface area (Å²) in [7, 11) is 0. The average Bonchev–Trinajstić information content (AvgIpc) is 2.99. The van der Waals surface area contributed by atoms with Crippen LogP contribution in [0.2, 0.25) is 0 Å². The minimum Gasteiger partial charge on any atom is -0.504 e. The Balaban J connectivity index is 1.79. The van der Waals surface area contributed by atoms with E-state index in [0.29, 0.717) is 16.4 Å². The van der Waals surface area contributed by atoms with Crippen molar-refractivity contribution in [3.05, 3.63) is 53.4 Å². The van der Waals surface area contributed by atoms with Gasteiger partial charge in [0.25, 0.3) is 0 Å². The highest BCUT2D eigenvalue weighted by Gasteiger charge is 2.08. The number of aromatic nitrogens is 1. The number of anilines is 2. The van der Waals surface area contributed by atoms with Crippen LogP contribution in [0, 0.1) is 0 Å². The molecule has 4 N–H and O–H groups in total. The summed E-state index contributed by atoms with van der Waals surface area (Å²) in [6.45, 7) is 0. The largest absolute Gasteiger partial charge is 0.504 e. The van der Waals surface area contributed by atoms with E-state index in [1.807, 2.05) is 5.38 Å². The number of carboxylic acid groups (broad SMARTS) is 1. The smallest absolute Gasteiger partial charge is 0.335 e. The number of nitrogens with one attached hydrogen (secondary N) is 1. The summed E-state index contributed by atoms with van der Waals surface area (Å²) in [5.41, 5.74) is 2.29. The first-order valence-corrected chi connectivity index (χ1v) is 7.49. The molecule has 0 atom stereocenters. The normalized spacial score (nSPS) is 10.4. The number of benzene rings is 2. The zero-order valence-electron chi connectivity index (χ0n) is 11.7. The lowest BCUT2D eigenvalue weighted by molar-refractivity contribution is 0.0697. The molecule has 0 fully saturated rings. The fraction of sp³-hybridized carbons (Fsp3) is 0. The van der Waals surface area contributed by atoms with Crippen LogP contribution in [-0.2, 0) is 0 Å². The van der Waals surface area contributed by atoms with E-state index < -0.39 is 5.97 Å². The van der Waals surface area contributed by atoms with Gasteiger partial charge in [0.15, 0.2) is 16.6 Å². The Bertz CT molecular complexity index is 859.